The fourth-order valence-corrected chi connectivity index (χ4v) is 1.98. The molecule has 1 amide bonds. The van der Waals surface area contributed by atoms with E-state index in [4.69, 9.17) is 0 Å². The van der Waals surface area contributed by atoms with Crippen molar-refractivity contribution in [2.75, 3.05) is 34.2 Å². The minimum Gasteiger partial charge on any atom is -0.391 e. The maximum atomic E-state index is 11.7. The smallest absolute Gasteiger partial charge is 0.220 e. The second-order valence-corrected chi connectivity index (χ2v) is 6.74. The molecule has 0 radical (unpaired) electrons. The maximum absolute atomic E-state index is 11.7. The van der Waals surface area contributed by atoms with Crippen LogP contribution in [0.5, 0.6) is 0 Å². The van der Waals surface area contributed by atoms with E-state index in [0.29, 0.717) is 19.4 Å². The molecule has 0 fully saturated rings. The molecule has 0 rings (SSSR count). The van der Waals surface area contributed by atoms with Crippen LogP contribution in [0.3, 0.4) is 0 Å². The number of carbonyl (C=O) groups excluding carboxylic acids is 1. The molecule has 4 heteroatoms. The predicted molar refractivity (Wildman–Crippen MR) is 93.6 cm³/mol. The molecule has 0 heterocycles. The summed E-state index contributed by atoms with van der Waals surface area (Å²) in [4.78, 5) is 11.7. The summed E-state index contributed by atoms with van der Waals surface area (Å²) in [6, 6.07) is 0. The van der Waals surface area contributed by atoms with Crippen LogP contribution in [0, 0.1) is 0 Å². The Morgan fingerprint density at radius 3 is 2.50 bits per heavy atom. The van der Waals surface area contributed by atoms with Gasteiger partial charge in [-0.05, 0) is 25.7 Å². The van der Waals surface area contributed by atoms with Gasteiger partial charge in [-0.2, -0.15) is 0 Å². The van der Waals surface area contributed by atoms with Gasteiger partial charge in [0.25, 0.3) is 0 Å². The van der Waals surface area contributed by atoms with Crippen molar-refractivity contribution in [2.45, 2.75) is 51.6 Å². The SMILES string of the molecule is CC/C=C\C/C=C\CC[C@H](O)CNC(=O)CCC[N+](C)(C)C. The van der Waals surface area contributed by atoms with Crippen LogP contribution < -0.4 is 5.32 Å². The van der Waals surface area contributed by atoms with Crippen LogP contribution in [0.15, 0.2) is 24.3 Å². The van der Waals surface area contributed by atoms with Crippen molar-refractivity contribution < 1.29 is 14.4 Å². The Hall–Kier alpha value is -1.13. The molecule has 1 atom stereocenters. The normalized spacial score (nSPS) is 13.9. The molecular weight excluding hydrogens is 276 g/mol. The van der Waals surface area contributed by atoms with Gasteiger partial charge in [0.1, 0.15) is 0 Å². The van der Waals surface area contributed by atoms with Gasteiger partial charge in [0, 0.05) is 19.4 Å². The second-order valence-electron chi connectivity index (χ2n) is 6.74. The van der Waals surface area contributed by atoms with Crippen molar-refractivity contribution in [2.24, 2.45) is 0 Å². The molecule has 128 valence electrons. The molecule has 0 aliphatic rings. The van der Waals surface area contributed by atoms with Crippen LogP contribution >= 0.6 is 0 Å². The summed E-state index contributed by atoms with van der Waals surface area (Å²) in [6.07, 6.45) is 13.0. The minimum atomic E-state index is -0.460. The van der Waals surface area contributed by atoms with Gasteiger partial charge in [-0.25, -0.2) is 0 Å². The lowest BCUT2D eigenvalue weighted by Gasteiger charge is -2.23. The van der Waals surface area contributed by atoms with Crippen molar-refractivity contribution in [3.8, 4) is 0 Å². The van der Waals surface area contributed by atoms with Crippen LogP contribution in [0.25, 0.3) is 0 Å². The Morgan fingerprint density at radius 1 is 1.18 bits per heavy atom. The van der Waals surface area contributed by atoms with Crippen molar-refractivity contribution in [3.05, 3.63) is 24.3 Å². The Labute approximate surface area is 136 Å². The number of hydrogen-bond acceptors (Lipinski definition) is 2. The lowest BCUT2D eigenvalue weighted by Crippen LogP contribution is -2.37. The summed E-state index contributed by atoms with van der Waals surface area (Å²) >= 11 is 0. The van der Waals surface area contributed by atoms with E-state index in [1.54, 1.807) is 0 Å². The minimum absolute atomic E-state index is 0.0349. The first-order valence-electron chi connectivity index (χ1n) is 8.40. The summed E-state index contributed by atoms with van der Waals surface area (Å²) in [5.74, 6) is 0.0349. The molecule has 0 saturated carbocycles. The summed E-state index contributed by atoms with van der Waals surface area (Å²) in [5, 5.41) is 12.6. The maximum Gasteiger partial charge on any atom is 0.220 e. The summed E-state index contributed by atoms with van der Waals surface area (Å²) in [7, 11) is 6.35. The van der Waals surface area contributed by atoms with Gasteiger partial charge in [-0.3, -0.25) is 4.79 Å². The average Bonchev–Trinajstić information content (AvgIpc) is 2.43. The number of rotatable bonds is 12. The number of aliphatic hydroxyl groups is 1. The van der Waals surface area contributed by atoms with Gasteiger partial charge < -0.3 is 14.9 Å². The van der Waals surface area contributed by atoms with Gasteiger partial charge in [-0.15, -0.1) is 0 Å². The van der Waals surface area contributed by atoms with Crippen LogP contribution in [-0.2, 0) is 4.79 Å². The number of nitrogens with one attached hydrogen (secondary N) is 1. The molecule has 4 nitrogen and oxygen atoms in total. The summed E-state index contributed by atoms with van der Waals surface area (Å²) in [5.41, 5.74) is 0. The number of quaternary nitrogens is 1. The van der Waals surface area contributed by atoms with E-state index in [0.717, 1.165) is 36.7 Å². The van der Waals surface area contributed by atoms with E-state index in [1.165, 1.54) is 0 Å². The number of carbonyl (C=O) groups is 1. The molecule has 0 aliphatic heterocycles. The van der Waals surface area contributed by atoms with Crippen molar-refractivity contribution in [1.82, 2.24) is 5.32 Å². The molecule has 0 aliphatic carbocycles. The van der Waals surface area contributed by atoms with E-state index in [1.807, 2.05) is 0 Å². The van der Waals surface area contributed by atoms with Gasteiger partial charge in [0.2, 0.25) is 5.91 Å². The number of aliphatic hydroxyl groups excluding tert-OH is 1. The van der Waals surface area contributed by atoms with E-state index in [-0.39, 0.29) is 5.91 Å². The van der Waals surface area contributed by atoms with E-state index in [2.05, 4.69) is 57.7 Å². The monoisotopic (exact) mass is 311 g/mol. The highest BCUT2D eigenvalue weighted by Gasteiger charge is 2.10. The molecule has 2 N–H and O–H groups in total. The highest BCUT2D eigenvalue weighted by molar-refractivity contribution is 5.75. The molecule has 0 unspecified atom stereocenters. The zero-order valence-corrected chi connectivity index (χ0v) is 14.8. The topological polar surface area (TPSA) is 49.3 Å². The molecule has 22 heavy (non-hydrogen) atoms. The number of amides is 1. The predicted octanol–water partition coefficient (Wildman–Crippen LogP) is 2.64. The molecule has 0 aromatic rings. The number of nitrogens with zero attached hydrogens (tertiary/aromatic N) is 1. The molecule has 0 spiro atoms. The second kappa shape index (κ2) is 12.4. The highest BCUT2D eigenvalue weighted by atomic mass is 16.3. The fraction of sp³-hybridized carbons (Fsp3) is 0.722. The van der Waals surface area contributed by atoms with Crippen LogP contribution in [0.2, 0.25) is 0 Å². The number of hydrogen-bond donors (Lipinski definition) is 2. The Kier molecular flexibility index (Phi) is 11.8. The first-order valence-corrected chi connectivity index (χ1v) is 8.40. The van der Waals surface area contributed by atoms with Crippen LogP contribution in [0.4, 0.5) is 0 Å². The average molecular weight is 311 g/mol. The van der Waals surface area contributed by atoms with E-state index < -0.39 is 6.10 Å². The first-order chi connectivity index (χ1) is 10.3. The number of allylic oxidation sites excluding steroid dienone is 4. The van der Waals surface area contributed by atoms with E-state index >= 15 is 0 Å². The Balaban J connectivity index is 3.61. The largest absolute Gasteiger partial charge is 0.391 e. The zero-order chi connectivity index (χ0) is 16.8. The third-order valence-electron chi connectivity index (χ3n) is 3.28. The van der Waals surface area contributed by atoms with Gasteiger partial charge in [0.15, 0.2) is 0 Å². The van der Waals surface area contributed by atoms with Gasteiger partial charge in [-0.1, -0.05) is 31.2 Å². The van der Waals surface area contributed by atoms with Crippen LogP contribution in [-0.4, -0.2) is 55.8 Å². The third-order valence-corrected chi connectivity index (χ3v) is 3.28. The Morgan fingerprint density at radius 2 is 1.86 bits per heavy atom. The van der Waals surface area contributed by atoms with Crippen molar-refractivity contribution >= 4 is 5.91 Å². The third kappa shape index (κ3) is 15.3. The lowest BCUT2D eigenvalue weighted by atomic mass is 10.1. The standard InChI is InChI=1S/C18H34N2O2/c1-5-6-7-8-9-10-11-13-17(21)16-19-18(22)14-12-15-20(2,3)4/h6-7,9-10,17,21H,5,8,11-16H2,1-4H3/p+1/b7-6-,10-9-/t17-/m0/s1. The molecule has 0 bridgehead atoms. The van der Waals surface area contributed by atoms with Crippen LogP contribution in [0.1, 0.15) is 45.4 Å². The van der Waals surface area contributed by atoms with Gasteiger partial charge >= 0.3 is 0 Å². The molecule has 0 aromatic carbocycles. The Bertz CT molecular complexity index is 343. The lowest BCUT2D eigenvalue weighted by molar-refractivity contribution is -0.870. The van der Waals surface area contributed by atoms with Gasteiger partial charge in [0.05, 0.1) is 33.8 Å². The van der Waals surface area contributed by atoms with Crippen molar-refractivity contribution in [1.29, 1.82) is 0 Å². The highest BCUT2D eigenvalue weighted by Crippen LogP contribution is 2.00. The van der Waals surface area contributed by atoms with E-state index in [9.17, 15) is 9.90 Å². The summed E-state index contributed by atoms with van der Waals surface area (Å²) < 4.78 is 0.871. The molecule has 0 aromatic heterocycles. The first kappa shape index (κ1) is 20.9. The fourth-order valence-electron chi connectivity index (χ4n) is 1.98. The zero-order valence-electron chi connectivity index (χ0n) is 14.8. The summed E-state index contributed by atoms with van der Waals surface area (Å²) in [6.45, 7) is 3.45. The van der Waals surface area contributed by atoms with Crippen molar-refractivity contribution in [3.63, 3.8) is 0 Å². The molecular formula is C18H35N2O2+. The quantitative estimate of drug-likeness (QED) is 0.430. The molecule has 0 saturated heterocycles.